The summed E-state index contributed by atoms with van der Waals surface area (Å²) in [4.78, 5) is 4.69. The van der Waals surface area contributed by atoms with E-state index >= 15 is 0 Å². The highest BCUT2D eigenvalue weighted by molar-refractivity contribution is 5.79. The van der Waals surface area contributed by atoms with Gasteiger partial charge in [-0.05, 0) is 56.4 Å². The van der Waals surface area contributed by atoms with Crippen molar-refractivity contribution in [1.29, 1.82) is 0 Å². The van der Waals surface area contributed by atoms with Gasteiger partial charge in [-0.3, -0.25) is 0 Å². The van der Waals surface area contributed by atoms with Crippen molar-refractivity contribution in [2.24, 2.45) is 10.9 Å². The minimum absolute atomic E-state index is 0.577. The zero-order valence-corrected chi connectivity index (χ0v) is 15.0. The van der Waals surface area contributed by atoms with E-state index in [2.05, 4.69) is 47.7 Å². The van der Waals surface area contributed by atoms with Crippen molar-refractivity contribution in [3.8, 4) is 5.75 Å². The van der Waals surface area contributed by atoms with Gasteiger partial charge in [0.1, 0.15) is 11.5 Å². The highest BCUT2D eigenvalue weighted by Gasteiger charge is 2.22. The summed E-state index contributed by atoms with van der Waals surface area (Å²) in [6.07, 6.45) is 4.26. The molecule has 0 saturated heterocycles. The minimum Gasteiger partial charge on any atom is -0.493 e. The molecule has 1 aromatic carbocycles. The third-order valence-electron chi connectivity index (χ3n) is 4.16. The number of hydrogen-bond acceptors (Lipinski definition) is 3. The van der Waals surface area contributed by atoms with Gasteiger partial charge >= 0.3 is 0 Å². The molecule has 25 heavy (non-hydrogen) atoms. The summed E-state index contributed by atoms with van der Waals surface area (Å²) in [5.41, 5.74) is 2.32. The number of aliphatic imine (C=N–C) groups is 1. The lowest BCUT2D eigenvalue weighted by Gasteiger charge is -2.13. The van der Waals surface area contributed by atoms with E-state index in [0.29, 0.717) is 13.1 Å². The van der Waals surface area contributed by atoms with Crippen LogP contribution in [0.1, 0.15) is 36.7 Å². The molecule has 5 nitrogen and oxygen atoms in total. The molecule has 1 aliphatic rings. The monoisotopic (exact) mass is 341 g/mol. The molecule has 5 heteroatoms. The van der Waals surface area contributed by atoms with E-state index in [4.69, 9.17) is 9.15 Å². The smallest absolute Gasteiger partial charge is 0.191 e. The molecule has 2 aromatic rings. The van der Waals surface area contributed by atoms with Gasteiger partial charge in [-0.25, -0.2) is 4.99 Å². The molecule has 0 unspecified atom stereocenters. The highest BCUT2D eigenvalue weighted by Crippen LogP contribution is 2.30. The van der Waals surface area contributed by atoms with Gasteiger partial charge in [0, 0.05) is 12.1 Å². The number of benzene rings is 1. The molecule has 0 amide bonds. The van der Waals surface area contributed by atoms with Crippen molar-refractivity contribution in [2.75, 3.05) is 13.2 Å². The van der Waals surface area contributed by atoms with Crippen LogP contribution in [0.15, 0.2) is 46.0 Å². The van der Waals surface area contributed by atoms with Crippen LogP contribution in [0.4, 0.5) is 0 Å². The topological polar surface area (TPSA) is 58.8 Å². The van der Waals surface area contributed by atoms with Gasteiger partial charge in [-0.2, -0.15) is 0 Å². The number of ether oxygens (including phenoxy) is 1. The van der Waals surface area contributed by atoms with Crippen molar-refractivity contribution >= 4 is 5.96 Å². The Morgan fingerprint density at radius 3 is 2.88 bits per heavy atom. The van der Waals surface area contributed by atoms with Gasteiger partial charge in [0.2, 0.25) is 0 Å². The Balaban J connectivity index is 1.64. The van der Waals surface area contributed by atoms with E-state index in [0.717, 1.165) is 42.1 Å². The van der Waals surface area contributed by atoms with Crippen LogP contribution in [0.2, 0.25) is 0 Å². The predicted molar refractivity (Wildman–Crippen MR) is 99.8 cm³/mol. The summed E-state index contributed by atoms with van der Waals surface area (Å²) in [5, 5.41) is 6.55. The Bertz CT molecular complexity index is 691. The number of nitrogens with one attached hydrogen (secondary N) is 2. The van der Waals surface area contributed by atoms with Crippen molar-refractivity contribution < 1.29 is 9.15 Å². The maximum absolute atomic E-state index is 6.03. The van der Waals surface area contributed by atoms with Crippen LogP contribution in [0.3, 0.4) is 0 Å². The van der Waals surface area contributed by atoms with Gasteiger partial charge in [0.15, 0.2) is 5.96 Å². The quantitative estimate of drug-likeness (QED) is 0.569. The fourth-order valence-corrected chi connectivity index (χ4v) is 2.51. The second-order valence-corrected chi connectivity index (χ2v) is 6.49. The molecule has 1 heterocycles. The third kappa shape index (κ3) is 5.55. The summed E-state index contributed by atoms with van der Waals surface area (Å²) in [6.45, 7) is 6.96. The van der Waals surface area contributed by atoms with Crippen LogP contribution in [0, 0.1) is 12.8 Å². The minimum atomic E-state index is 0.577. The van der Waals surface area contributed by atoms with Gasteiger partial charge in [0.25, 0.3) is 0 Å². The molecular formula is C20H27N3O2. The normalized spacial score (nSPS) is 14.4. The summed E-state index contributed by atoms with van der Waals surface area (Å²) in [6, 6.07) is 10.2. The molecule has 0 bridgehead atoms. The molecule has 1 aromatic heterocycles. The number of furan rings is 1. The lowest BCUT2D eigenvalue weighted by Crippen LogP contribution is -2.36. The van der Waals surface area contributed by atoms with Crippen LogP contribution in [-0.2, 0) is 13.1 Å². The van der Waals surface area contributed by atoms with E-state index in [1.807, 2.05) is 12.1 Å². The first-order valence-electron chi connectivity index (χ1n) is 9.01. The highest BCUT2D eigenvalue weighted by atomic mass is 16.5. The largest absolute Gasteiger partial charge is 0.493 e. The summed E-state index contributed by atoms with van der Waals surface area (Å²) >= 11 is 0. The molecule has 0 atom stereocenters. The summed E-state index contributed by atoms with van der Waals surface area (Å²) < 4.78 is 11.4. The predicted octanol–water partition coefficient (Wildman–Crippen LogP) is 3.63. The Hall–Kier alpha value is -2.43. The van der Waals surface area contributed by atoms with Crippen molar-refractivity contribution in [3.05, 3.63) is 53.5 Å². The third-order valence-corrected chi connectivity index (χ3v) is 4.16. The first-order chi connectivity index (χ1) is 12.2. The van der Waals surface area contributed by atoms with E-state index in [-0.39, 0.29) is 0 Å². The van der Waals surface area contributed by atoms with E-state index in [9.17, 15) is 0 Å². The average Bonchev–Trinajstić information content (AvgIpc) is 3.30. The van der Waals surface area contributed by atoms with Crippen LogP contribution in [-0.4, -0.2) is 19.1 Å². The maximum atomic E-state index is 6.03. The lowest BCUT2D eigenvalue weighted by molar-refractivity contribution is 0.296. The van der Waals surface area contributed by atoms with Gasteiger partial charge in [-0.15, -0.1) is 0 Å². The Labute approximate surface area is 149 Å². The molecule has 0 radical (unpaired) electrons. The molecule has 0 spiro atoms. The Kier molecular flexibility index (Phi) is 5.99. The molecular weight excluding hydrogens is 314 g/mol. The number of guanidine groups is 1. The van der Waals surface area contributed by atoms with E-state index in [1.165, 1.54) is 18.4 Å². The second kappa shape index (κ2) is 8.60. The van der Waals surface area contributed by atoms with Crippen LogP contribution < -0.4 is 15.4 Å². The molecule has 1 fully saturated rings. The van der Waals surface area contributed by atoms with Gasteiger partial charge in [-0.1, -0.05) is 12.1 Å². The lowest BCUT2D eigenvalue weighted by atomic mass is 10.1. The van der Waals surface area contributed by atoms with Crippen molar-refractivity contribution in [1.82, 2.24) is 10.6 Å². The number of aryl methyl sites for hydroxylation is 1. The fourth-order valence-electron chi connectivity index (χ4n) is 2.51. The maximum Gasteiger partial charge on any atom is 0.191 e. The molecule has 1 aliphatic carbocycles. The van der Waals surface area contributed by atoms with Crippen molar-refractivity contribution in [2.45, 2.75) is 39.8 Å². The average molecular weight is 341 g/mol. The SMILES string of the molecule is CCNC(=NCc1ccc(C)cc1OCC1CC1)NCc1ccco1. The Morgan fingerprint density at radius 2 is 2.16 bits per heavy atom. The summed E-state index contributed by atoms with van der Waals surface area (Å²) in [7, 11) is 0. The molecule has 0 aliphatic heterocycles. The zero-order chi connectivity index (χ0) is 17.5. The fraction of sp³-hybridized carbons (Fsp3) is 0.450. The first kappa shape index (κ1) is 17.4. The van der Waals surface area contributed by atoms with Gasteiger partial charge < -0.3 is 19.8 Å². The second-order valence-electron chi connectivity index (χ2n) is 6.49. The molecule has 134 valence electrons. The zero-order valence-electron chi connectivity index (χ0n) is 15.0. The van der Waals surface area contributed by atoms with E-state index in [1.54, 1.807) is 6.26 Å². The first-order valence-corrected chi connectivity index (χ1v) is 9.01. The standard InChI is InChI=1S/C20H27N3O2/c1-3-21-20(23-13-18-5-4-10-24-18)22-12-17-9-6-15(2)11-19(17)25-14-16-7-8-16/h4-6,9-11,16H,3,7-8,12-14H2,1-2H3,(H2,21,22,23). The number of rotatable bonds is 8. The number of nitrogens with zero attached hydrogens (tertiary/aromatic N) is 1. The molecule has 3 rings (SSSR count). The molecule has 1 saturated carbocycles. The van der Waals surface area contributed by atoms with Crippen LogP contribution in [0.5, 0.6) is 5.75 Å². The van der Waals surface area contributed by atoms with Crippen LogP contribution in [0.25, 0.3) is 0 Å². The number of hydrogen-bond donors (Lipinski definition) is 2. The van der Waals surface area contributed by atoms with E-state index < -0.39 is 0 Å². The summed E-state index contributed by atoms with van der Waals surface area (Å²) in [5.74, 6) is 3.35. The van der Waals surface area contributed by atoms with Gasteiger partial charge in [0.05, 0.1) is 26.0 Å². The van der Waals surface area contributed by atoms with Crippen molar-refractivity contribution in [3.63, 3.8) is 0 Å². The Morgan fingerprint density at radius 1 is 1.28 bits per heavy atom. The van der Waals surface area contributed by atoms with Crippen LogP contribution >= 0.6 is 0 Å². The molecule has 2 N–H and O–H groups in total.